The third-order valence-electron chi connectivity index (χ3n) is 2.64. The zero-order valence-electron chi connectivity index (χ0n) is 7.35. The molecule has 1 heteroatoms. The zero-order valence-corrected chi connectivity index (χ0v) is 7.35. The second-order valence-electron chi connectivity index (χ2n) is 3.77. The summed E-state index contributed by atoms with van der Waals surface area (Å²) >= 11 is 0. The molecule has 0 aliphatic carbocycles. The molecule has 10 heavy (non-hydrogen) atoms. The van der Waals surface area contributed by atoms with Gasteiger partial charge in [-0.3, -0.25) is 0 Å². The molecule has 2 atom stereocenters. The van der Waals surface area contributed by atoms with Crippen LogP contribution >= 0.6 is 0 Å². The largest absolute Gasteiger partial charge is 0.313 e. The quantitative estimate of drug-likeness (QED) is 0.620. The standard InChI is InChI=1S/C9H19N/c1-4-8-5-9(7(2)3)10-6-8/h7-10H,4-6H2,1-3H3/t8?,9-/m1/s1. The van der Waals surface area contributed by atoms with Gasteiger partial charge >= 0.3 is 0 Å². The summed E-state index contributed by atoms with van der Waals surface area (Å²) < 4.78 is 0. The molecule has 1 N–H and O–H groups in total. The van der Waals surface area contributed by atoms with E-state index in [0.29, 0.717) is 0 Å². The first-order valence-corrected chi connectivity index (χ1v) is 4.47. The Bertz CT molecular complexity index is 98.9. The van der Waals surface area contributed by atoms with E-state index in [0.717, 1.165) is 17.9 Å². The summed E-state index contributed by atoms with van der Waals surface area (Å²) in [7, 11) is 0. The summed E-state index contributed by atoms with van der Waals surface area (Å²) in [4.78, 5) is 0. The molecule has 0 saturated carbocycles. The van der Waals surface area contributed by atoms with Crippen LogP contribution in [-0.2, 0) is 0 Å². The smallest absolute Gasteiger partial charge is 0.00932 e. The van der Waals surface area contributed by atoms with Gasteiger partial charge in [-0.2, -0.15) is 0 Å². The van der Waals surface area contributed by atoms with Crippen LogP contribution in [0.5, 0.6) is 0 Å². The molecule has 1 aliphatic heterocycles. The van der Waals surface area contributed by atoms with Crippen LogP contribution in [0.4, 0.5) is 0 Å². The van der Waals surface area contributed by atoms with Gasteiger partial charge in [0.05, 0.1) is 0 Å². The Morgan fingerprint density at radius 3 is 2.50 bits per heavy atom. The maximum atomic E-state index is 3.56. The molecule has 1 rings (SSSR count). The van der Waals surface area contributed by atoms with E-state index in [2.05, 4.69) is 26.1 Å². The number of hydrogen-bond acceptors (Lipinski definition) is 1. The lowest BCUT2D eigenvalue weighted by Crippen LogP contribution is -2.26. The van der Waals surface area contributed by atoms with Crippen molar-refractivity contribution in [2.75, 3.05) is 6.54 Å². The Kier molecular flexibility index (Phi) is 2.72. The third kappa shape index (κ3) is 1.72. The van der Waals surface area contributed by atoms with Gasteiger partial charge in [-0.25, -0.2) is 0 Å². The molecule has 0 aromatic carbocycles. The van der Waals surface area contributed by atoms with E-state index >= 15 is 0 Å². The van der Waals surface area contributed by atoms with Gasteiger partial charge in [0.25, 0.3) is 0 Å². The maximum Gasteiger partial charge on any atom is 0.00932 e. The first-order valence-electron chi connectivity index (χ1n) is 4.47. The fourth-order valence-corrected chi connectivity index (χ4v) is 1.66. The Hall–Kier alpha value is -0.0400. The average molecular weight is 141 g/mol. The first-order chi connectivity index (χ1) is 4.74. The lowest BCUT2D eigenvalue weighted by molar-refractivity contribution is 0.436. The molecule has 0 amide bonds. The van der Waals surface area contributed by atoms with Crippen molar-refractivity contribution >= 4 is 0 Å². The highest BCUT2D eigenvalue weighted by atomic mass is 15.0. The Labute approximate surface area is 64.2 Å². The highest BCUT2D eigenvalue weighted by Crippen LogP contribution is 2.21. The maximum absolute atomic E-state index is 3.56. The summed E-state index contributed by atoms with van der Waals surface area (Å²) in [6.45, 7) is 8.14. The van der Waals surface area contributed by atoms with Gasteiger partial charge in [0.15, 0.2) is 0 Å². The van der Waals surface area contributed by atoms with Gasteiger partial charge in [0, 0.05) is 6.04 Å². The molecule has 0 radical (unpaired) electrons. The Morgan fingerprint density at radius 1 is 1.50 bits per heavy atom. The molecule has 1 saturated heterocycles. The molecule has 1 heterocycles. The fraction of sp³-hybridized carbons (Fsp3) is 1.00. The Balaban J connectivity index is 2.28. The molecule has 1 unspecified atom stereocenters. The van der Waals surface area contributed by atoms with Crippen LogP contribution < -0.4 is 5.32 Å². The van der Waals surface area contributed by atoms with Crippen LogP contribution in [-0.4, -0.2) is 12.6 Å². The minimum Gasteiger partial charge on any atom is -0.313 e. The molecular formula is C9H19N. The molecule has 0 spiro atoms. The van der Waals surface area contributed by atoms with Gasteiger partial charge in [0.1, 0.15) is 0 Å². The summed E-state index contributed by atoms with van der Waals surface area (Å²) in [6.07, 6.45) is 2.74. The van der Waals surface area contributed by atoms with Crippen molar-refractivity contribution in [1.82, 2.24) is 5.32 Å². The van der Waals surface area contributed by atoms with Gasteiger partial charge in [-0.1, -0.05) is 27.2 Å². The van der Waals surface area contributed by atoms with Crippen LogP contribution in [0, 0.1) is 11.8 Å². The summed E-state index contributed by atoms with van der Waals surface area (Å²) in [5.74, 6) is 1.77. The first kappa shape index (κ1) is 8.06. The highest BCUT2D eigenvalue weighted by molar-refractivity contribution is 4.82. The van der Waals surface area contributed by atoms with Gasteiger partial charge in [-0.15, -0.1) is 0 Å². The van der Waals surface area contributed by atoms with E-state index in [4.69, 9.17) is 0 Å². The number of nitrogens with one attached hydrogen (secondary N) is 1. The normalized spacial score (nSPS) is 33.6. The summed E-state index contributed by atoms with van der Waals surface area (Å²) in [6, 6.07) is 0.796. The topological polar surface area (TPSA) is 12.0 Å². The van der Waals surface area contributed by atoms with Crippen molar-refractivity contribution in [3.05, 3.63) is 0 Å². The van der Waals surface area contributed by atoms with Crippen LogP contribution in [0.1, 0.15) is 33.6 Å². The molecule has 0 bridgehead atoms. The summed E-state index contributed by atoms with van der Waals surface area (Å²) in [5, 5.41) is 3.56. The monoisotopic (exact) mass is 141 g/mol. The van der Waals surface area contributed by atoms with Crippen molar-refractivity contribution in [1.29, 1.82) is 0 Å². The predicted octanol–water partition coefficient (Wildman–Crippen LogP) is 2.03. The number of hydrogen-bond donors (Lipinski definition) is 1. The van der Waals surface area contributed by atoms with E-state index in [1.165, 1.54) is 19.4 Å². The second kappa shape index (κ2) is 3.38. The zero-order chi connectivity index (χ0) is 7.56. The van der Waals surface area contributed by atoms with E-state index in [1.807, 2.05) is 0 Å². The molecule has 1 nitrogen and oxygen atoms in total. The molecule has 60 valence electrons. The second-order valence-corrected chi connectivity index (χ2v) is 3.77. The lowest BCUT2D eigenvalue weighted by Gasteiger charge is -2.13. The predicted molar refractivity (Wildman–Crippen MR) is 45.0 cm³/mol. The van der Waals surface area contributed by atoms with E-state index in [1.54, 1.807) is 0 Å². The molecule has 0 aromatic heterocycles. The van der Waals surface area contributed by atoms with Gasteiger partial charge in [0.2, 0.25) is 0 Å². The minimum absolute atomic E-state index is 0.796. The van der Waals surface area contributed by atoms with Crippen molar-refractivity contribution in [2.24, 2.45) is 11.8 Å². The lowest BCUT2D eigenvalue weighted by atomic mass is 9.97. The number of rotatable bonds is 2. The van der Waals surface area contributed by atoms with Crippen LogP contribution in [0.25, 0.3) is 0 Å². The van der Waals surface area contributed by atoms with E-state index in [-0.39, 0.29) is 0 Å². The van der Waals surface area contributed by atoms with E-state index in [9.17, 15) is 0 Å². The van der Waals surface area contributed by atoms with Crippen molar-refractivity contribution < 1.29 is 0 Å². The van der Waals surface area contributed by atoms with E-state index < -0.39 is 0 Å². The van der Waals surface area contributed by atoms with Crippen molar-refractivity contribution in [3.8, 4) is 0 Å². The average Bonchev–Trinajstić information content (AvgIpc) is 2.34. The van der Waals surface area contributed by atoms with Crippen LogP contribution in [0.2, 0.25) is 0 Å². The minimum atomic E-state index is 0.796. The van der Waals surface area contributed by atoms with Crippen molar-refractivity contribution in [2.45, 2.75) is 39.7 Å². The molecule has 1 aliphatic rings. The third-order valence-corrected chi connectivity index (χ3v) is 2.64. The molecule has 0 aromatic rings. The molecular weight excluding hydrogens is 122 g/mol. The van der Waals surface area contributed by atoms with Crippen LogP contribution in [0.15, 0.2) is 0 Å². The van der Waals surface area contributed by atoms with Gasteiger partial charge < -0.3 is 5.32 Å². The summed E-state index contributed by atoms with van der Waals surface area (Å²) in [5.41, 5.74) is 0. The highest BCUT2D eigenvalue weighted by Gasteiger charge is 2.24. The Morgan fingerprint density at radius 2 is 2.20 bits per heavy atom. The fourth-order valence-electron chi connectivity index (χ4n) is 1.66. The van der Waals surface area contributed by atoms with Crippen molar-refractivity contribution in [3.63, 3.8) is 0 Å². The SMILES string of the molecule is CCC1CN[C@@H](C(C)C)C1. The molecule has 1 fully saturated rings. The van der Waals surface area contributed by atoms with Crippen LogP contribution in [0.3, 0.4) is 0 Å². The van der Waals surface area contributed by atoms with Gasteiger partial charge in [-0.05, 0) is 24.8 Å².